The fraction of sp³-hybridized carbons (Fsp3) is 0.417. The monoisotopic (exact) mass is 191 g/mol. The Balaban J connectivity index is 2.95. The van der Waals surface area contributed by atoms with E-state index < -0.39 is 11.9 Å². The molecule has 2 heteroatoms. The molecular formula is C12H15O2-. The van der Waals surface area contributed by atoms with Gasteiger partial charge in [-0.3, -0.25) is 0 Å². The highest BCUT2D eigenvalue weighted by atomic mass is 16.4. The molecule has 1 rings (SSSR count). The van der Waals surface area contributed by atoms with Crippen LogP contribution < -0.4 is 5.11 Å². The zero-order chi connectivity index (χ0) is 10.6. The number of rotatable bonds is 4. The van der Waals surface area contributed by atoms with Crippen LogP contribution in [0, 0.1) is 5.92 Å². The molecule has 1 aromatic rings. The number of carbonyl (C=O) groups is 1. The van der Waals surface area contributed by atoms with E-state index in [2.05, 4.69) is 0 Å². The summed E-state index contributed by atoms with van der Waals surface area (Å²) in [7, 11) is 0. The van der Waals surface area contributed by atoms with E-state index in [1.165, 1.54) is 0 Å². The Morgan fingerprint density at radius 2 is 1.93 bits per heavy atom. The van der Waals surface area contributed by atoms with E-state index >= 15 is 0 Å². The molecule has 0 aliphatic carbocycles. The molecule has 0 N–H and O–H groups in total. The van der Waals surface area contributed by atoms with Crippen LogP contribution in [0.4, 0.5) is 0 Å². The Labute approximate surface area is 84.6 Å². The van der Waals surface area contributed by atoms with Crippen LogP contribution in [-0.4, -0.2) is 5.97 Å². The highest BCUT2D eigenvalue weighted by Gasteiger charge is 2.18. The summed E-state index contributed by atoms with van der Waals surface area (Å²) >= 11 is 0. The van der Waals surface area contributed by atoms with Crippen molar-refractivity contribution >= 4 is 5.97 Å². The van der Waals surface area contributed by atoms with Crippen molar-refractivity contribution in [2.24, 2.45) is 5.92 Å². The Morgan fingerprint density at radius 1 is 1.36 bits per heavy atom. The minimum atomic E-state index is -0.981. The second kappa shape index (κ2) is 4.80. The number of carboxylic acids is 1. The van der Waals surface area contributed by atoms with Crippen LogP contribution in [0.3, 0.4) is 0 Å². The first-order valence-corrected chi connectivity index (χ1v) is 4.92. The molecule has 0 aliphatic rings. The lowest BCUT2D eigenvalue weighted by Crippen LogP contribution is -2.33. The maximum atomic E-state index is 11.0. The van der Waals surface area contributed by atoms with E-state index in [1.807, 2.05) is 44.2 Å². The van der Waals surface area contributed by atoms with Gasteiger partial charge in [0.25, 0.3) is 0 Å². The highest BCUT2D eigenvalue weighted by Crippen LogP contribution is 2.25. The second-order valence-electron chi connectivity index (χ2n) is 3.59. The number of carboxylic acid groups (broad SMARTS) is 1. The summed E-state index contributed by atoms with van der Waals surface area (Å²) in [4.78, 5) is 11.0. The first-order valence-electron chi connectivity index (χ1n) is 4.92. The van der Waals surface area contributed by atoms with Gasteiger partial charge in [-0.05, 0) is 11.5 Å². The first kappa shape index (κ1) is 10.8. The lowest BCUT2D eigenvalue weighted by Gasteiger charge is -2.24. The fourth-order valence-corrected chi connectivity index (χ4v) is 1.59. The SMILES string of the molecule is CCC(C)C(C(=O)[O-])c1ccccc1. The average molecular weight is 191 g/mol. The number of hydrogen-bond acceptors (Lipinski definition) is 2. The van der Waals surface area contributed by atoms with Crippen molar-refractivity contribution in [3.8, 4) is 0 Å². The van der Waals surface area contributed by atoms with Crippen molar-refractivity contribution in [2.45, 2.75) is 26.2 Å². The minimum Gasteiger partial charge on any atom is -0.549 e. The topological polar surface area (TPSA) is 40.1 Å². The predicted molar refractivity (Wildman–Crippen MR) is 53.6 cm³/mol. The maximum Gasteiger partial charge on any atom is 0.0491 e. The second-order valence-corrected chi connectivity index (χ2v) is 3.59. The van der Waals surface area contributed by atoms with Crippen LogP contribution in [0.5, 0.6) is 0 Å². The van der Waals surface area contributed by atoms with Crippen LogP contribution in [-0.2, 0) is 4.79 Å². The smallest absolute Gasteiger partial charge is 0.0491 e. The third-order valence-corrected chi connectivity index (χ3v) is 2.63. The molecule has 0 aromatic heterocycles. The molecule has 14 heavy (non-hydrogen) atoms. The van der Waals surface area contributed by atoms with Gasteiger partial charge in [-0.15, -0.1) is 0 Å². The molecule has 0 aliphatic heterocycles. The van der Waals surface area contributed by atoms with Gasteiger partial charge in [-0.1, -0.05) is 50.6 Å². The Bertz CT molecular complexity index is 292. The van der Waals surface area contributed by atoms with Gasteiger partial charge in [-0.2, -0.15) is 0 Å². The Morgan fingerprint density at radius 3 is 2.36 bits per heavy atom. The van der Waals surface area contributed by atoms with Crippen molar-refractivity contribution < 1.29 is 9.90 Å². The van der Waals surface area contributed by atoms with Gasteiger partial charge >= 0.3 is 0 Å². The predicted octanol–water partition coefficient (Wildman–Crippen LogP) is 1.57. The van der Waals surface area contributed by atoms with Gasteiger partial charge < -0.3 is 9.90 Å². The molecule has 0 heterocycles. The van der Waals surface area contributed by atoms with Crippen LogP contribution in [0.25, 0.3) is 0 Å². The van der Waals surface area contributed by atoms with Gasteiger partial charge in [0.05, 0.1) is 0 Å². The Hall–Kier alpha value is -1.31. The van der Waals surface area contributed by atoms with Gasteiger partial charge in [0.2, 0.25) is 0 Å². The van der Waals surface area contributed by atoms with E-state index in [9.17, 15) is 9.90 Å². The molecule has 0 saturated carbocycles. The summed E-state index contributed by atoms with van der Waals surface area (Å²) in [6.07, 6.45) is 0.841. The van der Waals surface area contributed by atoms with Crippen LogP contribution in [0.2, 0.25) is 0 Å². The standard InChI is InChI=1S/C12H16O2/c1-3-9(2)11(12(13)14)10-7-5-4-6-8-10/h4-9,11H,3H2,1-2H3,(H,13,14)/p-1. The zero-order valence-corrected chi connectivity index (χ0v) is 8.57. The third-order valence-electron chi connectivity index (χ3n) is 2.63. The molecule has 2 nitrogen and oxygen atoms in total. The van der Waals surface area contributed by atoms with Gasteiger partial charge in [0, 0.05) is 11.9 Å². The quantitative estimate of drug-likeness (QED) is 0.724. The van der Waals surface area contributed by atoms with Crippen molar-refractivity contribution in [1.29, 1.82) is 0 Å². The maximum absolute atomic E-state index is 11.0. The fourth-order valence-electron chi connectivity index (χ4n) is 1.59. The normalized spacial score (nSPS) is 14.7. The van der Waals surface area contributed by atoms with E-state index in [4.69, 9.17) is 0 Å². The van der Waals surface area contributed by atoms with Gasteiger partial charge in [-0.25, -0.2) is 0 Å². The Kier molecular flexibility index (Phi) is 3.69. The highest BCUT2D eigenvalue weighted by molar-refractivity contribution is 5.74. The summed E-state index contributed by atoms with van der Waals surface area (Å²) in [5, 5.41) is 11.0. The molecular weight excluding hydrogens is 176 g/mol. The zero-order valence-electron chi connectivity index (χ0n) is 8.57. The summed E-state index contributed by atoms with van der Waals surface area (Å²) < 4.78 is 0. The van der Waals surface area contributed by atoms with Crippen LogP contribution >= 0.6 is 0 Å². The number of benzene rings is 1. The molecule has 0 fully saturated rings. The summed E-state index contributed by atoms with van der Waals surface area (Å²) in [6, 6.07) is 9.27. The van der Waals surface area contributed by atoms with Crippen LogP contribution in [0.15, 0.2) is 30.3 Å². The van der Waals surface area contributed by atoms with Crippen molar-refractivity contribution in [2.75, 3.05) is 0 Å². The molecule has 2 atom stereocenters. The van der Waals surface area contributed by atoms with E-state index in [0.29, 0.717) is 0 Å². The van der Waals surface area contributed by atoms with E-state index in [0.717, 1.165) is 12.0 Å². The van der Waals surface area contributed by atoms with Crippen molar-refractivity contribution in [1.82, 2.24) is 0 Å². The molecule has 0 radical (unpaired) electrons. The molecule has 0 amide bonds. The van der Waals surface area contributed by atoms with E-state index in [1.54, 1.807) is 0 Å². The molecule has 0 saturated heterocycles. The van der Waals surface area contributed by atoms with Crippen molar-refractivity contribution in [3.63, 3.8) is 0 Å². The number of carbonyl (C=O) groups excluding carboxylic acids is 1. The lowest BCUT2D eigenvalue weighted by atomic mass is 9.86. The molecule has 2 unspecified atom stereocenters. The largest absolute Gasteiger partial charge is 0.549 e. The van der Waals surface area contributed by atoms with Gasteiger partial charge in [0.1, 0.15) is 0 Å². The molecule has 1 aromatic carbocycles. The summed E-state index contributed by atoms with van der Waals surface area (Å²) in [5.41, 5.74) is 0.835. The third kappa shape index (κ3) is 2.34. The molecule has 0 bridgehead atoms. The lowest BCUT2D eigenvalue weighted by molar-refractivity contribution is -0.309. The van der Waals surface area contributed by atoms with Crippen LogP contribution in [0.1, 0.15) is 31.7 Å². The van der Waals surface area contributed by atoms with E-state index in [-0.39, 0.29) is 5.92 Å². The minimum absolute atomic E-state index is 0.113. The first-order chi connectivity index (χ1) is 6.66. The average Bonchev–Trinajstić information content (AvgIpc) is 2.19. The molecule has 76 valence electrons. The van der Waals surface area contributed by atoms with Gasteiger partial charge in [0.15, 0.2) is 0 Å². The van der Waals surface area contributed by atoms with Crippen molar-refractivity contribution in [3.05, 3.63) is 35.9 Å². The molecule has 0 spiro atoms. The summed E-state index contributed by atoms with van der Waals surface area (Å²) in [6.45, 7) is 3.93. The summed E-state index contributed by atoms with van der Waals surface area (Å²) in [5.74, 6) is -1.35. The number of hydrogen-bond donors (Lipinski definition) is 0. The number of aliphatic carboxylic acids is 1.